The molecule has 0 aliphatic rings. The van der Waals surface area contributed by atoms with Crippen LogP contribution in [0.2, 0.25) is 0 Å². The van der Waals surface area contributed by atoms with Gasteiger partial charge in [0.2, 0.25) is 0 Å². The van der Waals surface area contributed by atoms with Gasteiger partial charge in [0.15, 0.2) is 0 Å². The summed E-state index contributed by atoms with van der Waals surface area (Å²) in [6.45, 7) is 0. The van der Waals surface area contributed by atoms with E-state index in [2.05, 4.69) is 0 Å². The van der Waals surface area contributed by atoms with Crippen LogP contribution in [0.4, 0.5) is 5.69 Å². The van der Waals surface area contributed by atoms with Gasteiger partial charge in [-0.2, -0.15) is 8.42 Å². The molecule has 1 rings (SSSR count). The van der Waals surface area contributed by atoms with E-state index in [4.69, 9.17) is 15.4 Å². The second-order valence-electron chi connectivity index (χ2n) is 2.20. The van der Waals surface area contributed by atoms with Gasteiger partial charge in [0.1, 0.15) is 5.75 Å². The molecule has 0 radical (unpaired) electrons. The van der Waals surface area contributed by atoms with E-state index in [9.17, 15) is 8.42 Å². The van der Waals surface area contributed by atoms with Gasteiger partial charge in [-0.25, -0.2) is 0 Å². The molecular formula is C6H8NNaO4S. The normalized spacial score (nSPS) is 10.5. The van der Waals surface area contributed by atoms with Crippen molar-refractivity contribution in [2.75, 3.05) is 5.73 Å². The fourth-order valence-electron chi connectivity index (χ4n) is 0.693. The summed E-state index contributed by atoms with van der Waals surface area (Å²) < 4.78 is 29.6. The van der Waals surface area contributed by atoms with E-state index in [1.165, 1.54) is 0 Å². The number of hydrogen-bond acceptors (Lipinski definition) is 4. The van der Waals surface area contributed by atoms with Gasteiger partial charge >= 0.3 is 29.6 Å². The summed E-state index contributed by atoms with van der Waals surface area (Å²) in [6.07, 6.45) is 0. The zero-order chi connectivity index (χ0) is 9.35. The third-order valence-corrected chi connectivity index (χ3v) is 2.15. The number of phenolic OH excluding ortho intramolecular Hbond substituents is 1. The SMILES string of the molecule is Nc1cc(S(=O)(=O)O)ccc1O.[NaH]. The minimum atomic E-state index is -4.23. The molecule has 0 amide bonds. The Balaban J connectivity index is 0.00000144. The van der Waals surface area contributed by atoms with Crippen LogP contribution in [0.5, 0.6) is 5.75 Å². The quantitative estimate of drug-likeness (QED) is 0.254. The Morgan fingerprint density at radius 2 is 1.85 bits per heavy atom. The molecule has 0 fully saturated rings. The van der Waals surface area contributed by atoms with Crippen LogP contribution in [-0.4, -0.2) is 47.6 Å². The fraction of sp³-hybridized carbons (Fsp3) is 0. The van der Waals surface area contributed by atoms with E-state index in [1.807, 2.05) is 0 Å². The van der Waals surface area contributed by atoms with Crippen LogP contribution in [0.3, 0.4) is 0 Å². The molecule has 7 heteroatoms. The molecule has 5 nitrogen and oxygen atoms in total. The second kappa shape index (κ2) is 4.30. The summed E-state index contributed by atoms with van der Waals surface area (Å²) in [5.41, 5.74) is 5.10. The molecule has 13 heavy (non-hydrogen) atoms. The Bertz CT molecular complexity index is 403. The summed E-state index contributed by atoms with van der Waals surface area (Å²) >= 11 is 0. The van der Waals surface area contributed by atoms with Crippen LogP contribution >= 0.6 is 0 Å². The molecule has 1 aromatic rings. The summed E-state index contributed by atoms with van der Waals surface area (Å²) in [5, 5.41) is 8.91. The van der Waals surface area contributed by atoms with E-state index >= 15 is 0 Å². The Labute approximate surface area is 97.6 Å². The van der Waals surface area contributed by atoms with Gasteiger partial charge < -0.3 is 10.8 Å². The van der Waals surface area contributed by atoms with Crippen molar-refractivity contribution in [3.8, 4) is 5.75 Å². The molecule has 0 bridgehead atoms. The zero-order valence-corrected chi connectivity index (χ0v) is 6.75. The molecule has 0 heterocycles. The molecule has 4 N–H and O–H groups in total. The molecule has 0 aliphatic heterocycles. The van der Waals surface area contributed by atoms with Crippen molar-refractivity contribution in [3.63, 3.8) is 0 Å². The number of anilines is 1. The van der Waals surface area contributed by atoms with Crippen LogP contribution in [0.1, 0.15) is 0 Å². The average Bonchev–Trinajstić information content (AvgIpc) is 1.92. The third-order valence-electron chi connectivity index (χ3n) is 1.30. The van der Waals surface area contributed by atoms with Crippen molar-refractivity contribution in [2.45, 2.75) is 4.90 Å². The van der Waals surface area contributed by atoms with E-state index < -0.39 is 10.1 Å². The molecular weight excluding hydrogens is 205 g/mol. The Morgan fingerprint density at radius 1 is 1.31 bits per heavy atom. The summed E-state index contributed by atoms with van der Waals surface area (Å²) in [5.74, 6) is -0.220. The molecule has 68 valence electrons. The van der Waals surface area contributed by atoms with Crippen molar-refractivity contribution >= 4 is 45.4 Å². The van der Waals surface area contributed by atoms with Crippen molar-refractivity contribution in [1.29, 1.82) is 0 Å². The van der Waals surface area contributed by atoms with Gasteiger partial charge in [-0.3, -0.25) is 4.55 Å². The number of nitrogens with two attached hydrogens (primary N) is 1. The average molecular weight is 213 g/mol. The second-order valence-corrected chi connectivity index (χ2v) is 3.62. The van der Waals surface area contributed by atoms with Gasteiger partial charge in [0.05, 0.1) is 10.6 Å². The molecule has 0 aliphatic carbocycles. The fourth-order valence-corrected chi connectivity index (χ4v) is 1.21. The first-order valence-electron chi connectivity index (χ1n) is 2.97. The number of benzene rings is 1. The Morgan fingerprint density at radius 3 is 2.23 bits per heavy atom. The first kappa shape index (κ1) is 12.7. The van der Waals surface area contributed by atoms with Gasteiger partial charge in [0, 0.05) is 0 Å². The summed E-state index contributed by atoms with van der Waals surface area (Å²) in [7, 11) is -4.23. The Kier molecular flexibility index (Phi) is 4.21. The van der Waals surface area contributed by atoms with Crippen LogP contribution in [0, 0.1) is 0 Å². The monoisotopic (exact) mass is 213 g/mol. The first-order chi connectivity index (χ1) is 5.41. The van der Waals surface area contributed by atoms with Gasteiger partial charge in [-0.15, -0.1) is 0 Å². The van der Waals surface area contributed by atoms with Crippen LogP contribution in [0.25, 0.3) is 0 Å². The van der Waals surface area contributed by atoms with E-state index in [1.54, 1.807) is 0 Å². The number of phenols is 1. The van der Waals surface area contributed by atoms with Crippen molar-refractivity contribution in [3.05, 3.63) is 18.2 Å². The molecule has 0 aromatic heterocycles. The molecule has 0 unspecified atom stereocenters. The van der Waals surface area contributed by atoms with E-state index in [0.29, 0.717) is 0 Å². The molecule has 0 saturated heterocycles. The van der Waals surface area contributed by atoms with Crippen molar-refractivity contribution in [2.24, 2.45) is 0 Å². The molecule has 0 saturated carbocycles. The maximum absolute atomic E-state index is 10.5. The maximum atomic E-state index is 10.5. The van der Waals surface area contributed by atoms with Gasteiger partial charge in [-0.1, -0.05) is 0 Å². The third kappa shape index (κ3) is 3.17. The predicted octanol–water partition coefficient (Wildman–Crippen LogP) is -0.427. The summed E-state index contributed by atoms with van der Waals surface area (Å²) in [6, 6.07) is 3.13. The standard InChI is InChI=1S/C6H7NO4S.Na.H/c7-5-3-4(12(9,10)11)1-2-6(5)8;;/h1-3,8H,7H2,(H,9,10,11);;. The zero-order valence-electron chi connectivity index (χ0n) is 5.93. The predicted molar refractivity (Wildman–Crippen MR) is 49.5 cm³/mol. The van der Waals surface area contributed by atoms with Crippen LogP contribution in [-0.2, 0) is 10.1 Å². The van der Waals surface area contributed by atoms with Gasteiger partial charge in [0.25, 0.3) is 10.1 Å². The first-order valence-corrected chi connectivity index (χ1v) is 4.41. The van der Waals surface area contributed by atoms with E-state index in [-0.39, 0.29) is 45.9 Å². The van der Waals surface area contributed by atoms with Crippen LogP contribution < -0.4 is 5.73 Å². The molecule has 1 aromatic carbocycles. The molecule has 0 spiro atoms. The number of hydrogen-bond donors (Lipinski definition) is 3. The van der Waals surface area contributed by atoms with Crippen molar-refractivity contribution < 1.29 is 18.1 Å². The number of rotatable bonds is 1. The molecule has 0 atom stereocenters. The topological polar surface area (TPSA) is 101 Å². The number of nitrogen functional groups attached to an aromatic ring is 1. The van der Waals surface area contributed by atoms with E-state index in [0.717, 1.165) is 18.2 Å². The summed E-state index contributed by atoms with van der Waals surface area (Å²) in [4.78, 5) is -0.335. The van der Waals surface area contributed by atoms with Crippen molar-refractivity contribution in [1.82, 2.24) is 0 Å². The van der Waals surface area contributed by atoms with Gasteiger partial charge in [-0.05, 0) is 18.2 Å². The number of aromatic hydroxyl groups is 1. The van der Waals surface area contributed by atoms with Crippen LogP contribution in [0.15, 0.2) is 23.1 Å². The Hall–Kier alpha value is -0.270. The minimum absolute atomic E-state index is 0.